The molecule has 0 aromatic carbocycles. The molecule has 0 unspecified atom stereocenters. The van der Waals surface area contributed by atoms with Crippen LogP contribution < -0.4 is 33.9 Å². The van der Waals surface area contributed by atoms with Crippen LogP contribution in [0, 0.1) is 0 Å². The lowest BCUT2D eigenvalue weighted by atomic mass is 10.3. The van der Waals surface area contributed by atoms with Crippen LogP contribution in [0.25, 0.3) is 6.08 Å². The Morgan fingerprint density at radius 2 is 2.35 bits per heavy atom. The van der Waals surface area contributed by atoms with E-state index in [-0.39, 0.29) is 29.9 Å². The summed E-state index contributed by atoms with van der Waals surface area (Å²) in [5, 5.41) is 2.81. The van der Waals surface area contributed by atoms with E-state index in [1.165, 1.54) is 0 Å². The summed E-state index contributed by atoms with van der Waals surface area (Å²) in [4.78, 5) is 14.6. The van der Waals surface area contributed by atoms with E-state index in [9.17, 15) is 4.79 Å². The van der Waals surface area contributed by atoms with E-state index in [1.54, 1.807) is 12.3 Å². The largest absolute Gasteiger partial charge is 1.00 e. The van der Waals surface area contributed by atoms with Gasteiger partial charge in [0.2, 0.25) is 6.33 Å². The molecule has 108 valence electrons. The number of amides is 1. The van der Waals surface area contributed by atoms with Crippen LogP contribution >= 0.6 is 15.9 Å². The van der Waals surface area contributed by atoms with Gasteiger partial charge in [0.1, 0.15) is 11.9 Å². The molecule has 1 amide bonds. The Bertz CT molecular complexity index is 618. The number of aryl methyl sites for hydroxylation is 2. The van der Waals surface area contributed by atoms with E-state index in [0.717, 1.165) is 10.2 Å². The van der Waals surface area contributed by atoms with Gasteiger partial charge < -0.3 is 34.3 Å². The normalized spacial score (nSPS) is 10.6. The number of rotatable bonds is 4. The molecule has 2 rings (SSSR count). The van der Waals surface area contributed by atoms with E-state index in [2.05, 4.69) is 26.2 Å². The Labute approximate surface area is 143 Å². The number of H-pyrrole nitrogens is 1. The van der Waals surface area contributed by atoms with Crippen molar-refractivity contribution in [3.05, 3.63) is 46.7 Å². The fraction of sp³-hybridized carbons (Fsp3) is 0.231. The SMILES string of the molecule is Cn1c[n+](C)cc1/C=C\CNC(=O)c1cc(Br)c[nH]1.[I-]. The molecule has 5 nitrogen and oxygen atoms in total. The Morgan fingerprint density at radius 3 is 2.90 bits per heavy atom. The fourth-order valence-corrected chi connectivity index (χ4v) is 2.10. The van der Waals surface area contributed by atoms with Crippen molar-refractivity contribution in [2.75, 3.05) is 6.54 Å². The molecule has 0 spiro atoms. The molecule has 0 atom stereocenters. The van der Waals surface area contributed by atoms with Crippen molar-refractivity contribution in [1.29, 1.82) is 0 Å². The van der Waals surface area contributed by atoms with Crippen molar-refractivity contribution in [3.63, 3.8) is 0 Å². The maximum Gasteiger partial charge on any atom is 0.267 e. The maximum absolute atomic E-state index is 11.7. The molecular weight excluding hydrogens is 435 g/mol. The van der Waals surface area contributed by atoms with Crippen LogP contribution in [0.5, 0.6) is 0 Å². The predicted octanol–water partition coefficient (Wildman–Crippen LogP) is -1.61. The number of halogens is 2. The first-order valence-electron chi connectivity index (χ1n) is 5.86. The zero-order valence-electron chi connectivity index (χ0n) is 11.2. The second-order valence-corrected chi connectivity index (χ2v) is 5.21. The molecule has 2 heterocycles. The van der Waals surface area contributed by atoms with Gasteiger partial charge in [-0.1, -0.05) is 6.08 Å². The van der Waals surface area contributed by atoms with Gasteiger partial charge in [-0.3, -0.25) is 4.79 Å². The Kier molecular flexibility index (Phi) is 6.47. The fourth-order valence-electron chi connectivity index (χ4n) is 1.76. The molecule has 0 aliphatic heterocycles. The van der Waals surface area contributed by atoms with Gasteiger partial charge in [0, 0.05) is 17.2 Å². The van der Waals surface area contributed by atoms with E-state index < -0.39 is 0 Å². The third-order valence-electron chi connectivity index (χ3n) is 2.66. The highest BCUT2D eigenvalue weighted by Crippen LogP contribution is 2.10. The highest BCUT2D eigenvalue weighted by molar-refractivity contribution is 9.10. The summed E-state index contributed by atoms with van der Waals surface area (Å²) in [6.07, 6.45) is 9.62. The minimum atomic E-state index is -0.118. The van der Waals surface area contributed by atoms with Crippen molar-refractivity contribution in [1.82, 2.24) is 14.9 Å². The van der Waals surface area contributed by atoms with E-state index in [4.69, 9.17) is 0 Å². The zero-order valence-corrected chi connectivity index (χ0v) is 15.0. The lowest BCUT2D eigenvalue weighted by Crippen LogP contribution is -3.00. The number of aromatic amines is 1. The van der Waals surface area contributed by atoms with Crippen LogP contribution in [-0.4, -0.2) is 22.0 Å². The van der Waals surface area contributed by atoms with Gasteiger partial charge in [-0.15, -0.1) is 0 Å². The van der Waals surface area contributed by atoms with Crippen LogP contribution in [0.4, 0.5) is 0 Å². The van der Waals surface area contributed by atoms with Gasteiger partial charge in [0.25, 0.3) is 5.91 Å². The maximum atomic E-state index is 11.7. The van der Waals surface area contributed by atoms with Crippen LogP contribution in [0.2, 0.25) is 0 Å². The number of nitrogens with zero attached hydrogens (tertiary/aromatic N) is 2. The van der Waals surface area contributed by atoms with Crippen molar-refractivity contribution in [3.8, 4) is 0 Å². The second kappa shape index (κ2) is 7.63. The van der Waals surface area contributed by atoms with Crippen molar-refractivity contribution in [2.45, 2.75) is 0 Å². The number of hydrogen-bond donors (Lipinski definition) is 2. The first kappa shape index (κ1) is 17.0. The third-order valence-corrected chi connectivity index (χ3v) is 3.12. The first-order chi connectivity index (χ1) is 9.06. The van der Waals surface area contributed by atoms with E-state index in [0.29, 0.717) is 12.2 Å². The van der Waals surface area contributed by atoms with Crippen LogP contribution in [0.3, 0.4) is 0 Å². The van der Waals surface area contributed by atoms with Gasteiger partial charge >= 0.3 is 0 Å². The summed E-state index contributed by atoms with van der Waals surface area (Å²) in [5.74, 6) is -0.118. The van der Waals surface area contributed by atoms with Gasteiger partial charge in [0.05, 0.1) is 14.1 Å². The van der Waals surface area contributed by atoms with E-state index >= 15 is 0 Å². The minimum absolute atomic E-state index is 0. The van der Waals surface area contributed by atoms with Crippen molar-refractivity contribution < 1.29 is 33.3 Å². The molecule has 0 saturated heterocycles. The Hall–Kier alpha value is -1.09. The number of nitrogens with one attached hydrogen (secondary N) is 2. The molecule has 7 heteroatoms. The molecule has 2 aromatic heterocycles. The van der Waals surface area contributed by atoms with Crippen LogP contribution in [0.15, 0.2) is 35.3 Å². The average molecular weight is 451 g/mol. The second-order valence-electron chi connectivity index (χ2n) is 4.29. The van der Waals surface area contributed by atoms with Gasteiger partial charge in [0.15, 0.2) is 5.69 Å². The topological polar surface area (TPSA) is 53.7 Å². The summed E-state index contributed by atoms with van der Waals surface area (Å²) < 4.78 is 4.86. The smallest absolute Gasteiger partial charge is 0.267 e. The highest BCUT2D eigenvalue weighted by atomic mass is 127. The monoisotopic (exact) mass is 450 g/mol. The number of carbonyl (C=O) groups is 1. The number of hydrogen-bond acceptors (Lipinski definition) is 1. The lowest BCUT2D eigenvalue weighted by molar-refractivity contribution is -0.671. The number of carbonyl (C=O) groups excluding carboxylic acids is 1. The quantitative estimate of drug-likeness (QED) is 0.427. The molecule has 0 aliphatic rings. The first-order valence-corrected chi connectivity index (χ1v) is 6.66. The summed E-state index contributed by atoms with van der Waals surface area (Å²) in [6.45, 7) is 0.490. The molecule has 0 aliphatic carbocycles. The van der Waals surface area contributed by atoms with Crippen molar-refractivity contribution in [2.24, 2.45) is 14.1 Å². The molecule has 0 fully saturated rings. The third kappa shape index (κ3) is 4.48. The van der Waals surface area contributed by atoms with Gasteiger partial charge in [-0.25, -0.2) is 9.13 Å². The molecule has 0 saturated carbocycles. The molecule has 0 bridgehead atoms. The summed E-state index contributed by atoms with van der Waals surface area (Å²) in [5.41, 5.74) is 1.63. The zero-order chi connectivity index (χ0) is 13.8. The predicted molar refractivity (Wildman–Crippen MR) is 76.4 cm³/mol. The molecule has 0 radical (unpaired) electrons. The standard InChI is InChI=1S/C13H15BrN4O.HI/c1-17-8-11(18(2)9-17)4-3-5-15-13(19)12-6-10(14)7-16-12;/h3-4,6-9H,5H2,1-2H3,(H-,15,16,19);1H/b4-3-;. The van der Waals surface area contributed by atoms with Gasteiger partial charge in [-0.05, 0) is 28.1 Å². The van der Waals surface area contributed by atoms with Crippen LogP contribution in [-0.2, 0) is 14.1 Å². The highest BCUT2D eigenvalue weighted by Gasteiger charge is 2.06. The molecule has 2 N–H and O–H groups in total. The lowest BCUT2D eigenvalue weighted by Gasteiger charge is -1.98. The molecule has 20 heavy (non-hydrogen) atoms. The van der Waals surface area contributed by atoms with Gasteiger partial charge in [-0.2, -0.15) is 0 Å². The summed E-state index contributed by atoms with van der Waals surface area (Å²) >= 11 is 3.29. The Morgan fingerprint density at radius 1 is 1.60 bits per heavy atom. The van der Waals surface area contributed by atoms with Crippen molar-refractivity contribution >= 4 is 27.9 Å². The molecular formula is C13H16BrIN4O. The Balaban J connectivity index is 0.00000200. The summed E-state index contributed by atoms with van der Waals surface area (Å²) in [7, 11) is 3.96. The van der Waals surface area contributed by atoms with E-state index in [1.807, 2.05) is 47.9 Å². The molecule has 2 aromatic rings. The van der Waals surface area contributed by atoms with Crippen LogP contribution in [0.1, 0.15) is 16.2 Å². The summed E-state index contributed by atoms with van der Waals surface area (Å²) in [6, 6.07) is 1.75. The number of imidazole rings is 1. The average Bonchev–Trinajstić information content (AvgIpc) is 2.91. The minimum Gasteiger partial charge on any atom is -1.00 e. The number of aromatic nitrogens is 3.